The summed E-state index contributed by atoms with van der Waals surface area (Å²) in [4.78, 5) is 29.2. The van der Waals surface area contributed by atoms with E-state index in [9.17, 15) is 22.8 Å². The third kappa shape index (κ3) is 5.36. The minimum absolute atomic E-state index is 0.0515. The SMILES string of the molecule is CCOC(=O)c1cc(C(F)(F)F)cc(N)c1C(=Nc1ccc(-n2c(C)nn(C)c2=O)cc1)OCC. The van der Waals surface area contributed by atoms with Crippen LogP contribution in [0, 0.1) is 6.92 Å². The number of rotatable bonds is 6. The summed E-state index contributed by atoms with van der Waals surface area (Å²) in [7, 11) is 1.54. The van der Waals surface area contributed by atoms with Gasteiger partial charge in [0.1, 0.15) is 5.82 Å². The number of alkyl halides is 3. The number of nitrogens with zero attached hydrogens (tertiary/aromatic N) is 4. The average molecular weight is 491 g/mol. The maximum absolute atomic E-state index is 13.4. The van der Waals surface area contributed by atoms with E-state index in [0.717, 1.165) is 0 Å². The van der Waals surface area contributed by atoms with Gasteiger partial charge in [0.15, 0.2) is 0 Å². The maximum Gasteiger partial charge on any atom is 0.416 e. The van der Waals surface area contributed by atoms with E-state index in [2.05, 4.69) is 10.1 Å². The minimum atomic E-state index is -4.73. The fourth-order valence-corrected chi connectivity index (χ4v) is 3.41. The Morgan fingerprint density at radius 1 is 1.11 bits per heavy atom. The Morgan fingerprint density at radius 3 is 2.26 bits per heavy atom. The maximum atomic E-state index is 13.4. The van der Waals surface area contributed by atoms with Crippen molar-refractivity contribution in [2.75, 3.05) is 18.9 Å². The number of hydrogen-bond acceptors (Lipinski definition) is 7. The lowest BCUT2D eigenvalue weighted by molar-refractivity contribution is -0.137. The fraction of sp³-hybridized carbons (Fsp3) is 0.304. The number of halogens is 3. The molecule has 0 saturated carbocycles. The second kappa shape index (κ2) is 10.0. The Labute approximate surface area is 198 Å². The topological polar surface area (TPSA) is 114 Å². The molecule has 0 aliphatic rings. The van der Waals surface area contributed by atoms with Crippen molar-refractivity contribution in [1.29, 1.82) is 0 Å². The van der Waals surface area contributed by atoms with Gasteiger partial charge in [-0.2, -0.15) is 18.3 Å². The molecule has 12 heteroatoms. The highest BCUT2D eigenvalue weighted by Gasteiger charge is 2.34. The molecule has 35 heavy (non-hydrogen) atoms. The van der Waals surface area contributed by atoms with Crippen molar-refractivity contribution in [3.63, 3.8) is 0 Å². The largest absolute Gasteiger partial charge is 0.477 e. The average Bonchev–Trinajstić information content (AvgIpc) is 3.04. The van der Waals surface area contributed by atoms with Gasteiger partial charge in [-0.15, -0.1) is 0 Å². The van der Waals surface area contributed by atoms with Crippen molar-refractivity contribution in [2.45, 2.75) is 26.9 Å². The van der Waals surface area contributed by atoms with Gasteiger partial charge in [-0.1, -0.05) is 0 Å². The number of ether oxygens (including phenoxy) is 2. The molecule has 0 spiro atoms. The lowest BCUT2D eigenvalue weighted by Crippen LogP contribution is -2.21. The van der Waals surface area contributed by atoms with Gasteiger partial charge in [0, 0.05) is 12.7 Å². The summed E-state index contributed by atoms with van der Waals surface area (Å²) in [5, 5.41) is 4.08. The van der Waals surface area contributed by atoms with Gasteiger partial charge in [-0.3, -0.25) is 0 Å². The summed E-state index contributed by atoms with van der Waals surface area (Å²) < 4.78 is 53.2. The number of esters is 1. The number of aromatic nitrogens is 3. The standard InChI is InChI=1S/C23H24F3N5O4/c1-5-34-20(19-17(21(32)35-6-2)11-14(12-18(19)27)23(24,25)26)28-15-7-9-16(10-8-15)31-13(3)29-30(4)22(31)33/h7-12H,5-6,27H2,1-4H3. The van der Waals surface area contributed by atoms with Crippen LogP contribution < -0.4 is 11.4 Å². The highest BCUT2D eigenvalue weighted by Crippen LogP contribution is 2.34. The zero-order valence-electron chi connectivity index (χ0n) is 19.5. The van der Waals surface area contributed by atoms with Gasteiger partial charge in [-0.25, -0.2) is 23.8 Å². The molecule has 186 valence electrons. The molecule has 0 unspecified atom stereocenters. The summed E-state index contributed by atoms with van der Waals surface area (Å²) in [5.41, 5.74) is 4.55. The van der Waals surface area contributed by atoms with Gasteiger partial charge in [0.05, 0.1) is 41.3 Å². The molecule has 9 nitrogen and oxygen atoms in total. The van der Waals surface area contributed by atoms with Crippen molar-refractivity contribution in [2.24, 2.45) is 12.0 Å². The van der Waals surface area contributed by atoms with Crippen LogP contribution >= 0.6 is 0 Å². The Hall–Kier alpha value is -4.09. The number of carbonyl (C=O) groups excluding carboxylic acids is 1. The number of nitrogen functional groups attached to an aromatic ring is 1. The van der Waals surface area contributed by atoms with E-state index in [1.807, 2.05) is 0 Å². The van der Waals surface area contributed by atoms with Crippen molar-refractivity contribution >= 4 is 23.2 Å². The predicted molar refractivity (Wildman–Crippen MR) is 123 cm³/mol. The Kier molecular flexibility index (Phi) is 7.32. The molecule has 3 rings (SSSR count). The van der Waals surface area contributed by atoms with Gasteiger partial charge in [-0.05, 0) is 57.2 Å². The van der Waals surface area contributed by atoms with Gasteiger partial charge in [0.25, 0.3) is 0 Å². The van der Waals surface area contributed by atoms with Crippen molar-refractivity contribution < 1.29 is 27.4 Å². The highest BCUT2D eigenvalue weighted by molar-refractivity contribution is 6.10. The second-order valence-corrected chi connectivity index (χ2v) is 7.36. The summed E-state index contributed by atoms with van der Waals surface area (Å²) in [6.45, 7) is 4.92. The van der Waals surface area contributed by atoms with Crippen molar-refractivity contribution in [1.82, 2.24) is 14.3 Å². The molecular weight excluding hydrogens is 467 g/mol. The van der Waals surface area contributed by atoms with Crippen LogP contribution in [0.25, 0.3) is 5.69 Å². The summed E-state index contributed by atoms with van der Waals surface area (Å²) in [6.07, 6.45) is -4.73. The van der Waals surface area contributed by atoms with Gasteiger partial charge in [0.2, 0.25) is 5.90 Å². The zero-order valence-corrected chi connectivity index (χ0v) is 19.5. The molecule has 1 aromatic heterocycles. The Balaban J connectivity index is 2.13. The molecule has 2 N–H and O–H groups in total. The molecule has 0 fully saturated rings. The molecular formula is C23H24F3N5O4. The second-order valence-electron chi connectivity index (χ2n) is 7.36. The summed E-state index contributed by atoms with van der Waals surface area (Å²) in [5.74, 6) is -0.654. The van der Waals surface area contributed by atoms with E-state index >= 15 is 0 Å². The minimum Gasteiger partial charge on any atom is -0.477 e. The first-order valence-electron chi connectivity index (χ1n) is 10.6. The van der Waals surface area contributed by atoms with Crippen LogP contribution in [0.5, 0.6) is 0 Å². The lowest BCUT2D eigenvalue weighted by atomic mass is 10.0. The summed E-state index contributed by atoms with van der Waals surface area (Å²) in [6, 6.07) is 7.79. The van der Waals surface area contributed by atoms with E-state index in [0.29, 0.717) is 29.3 Å². The van der Waals surface area contributed by atoms with Crippen LogP contribution in [0.3, 0.4) is 0 Å². The van der Waals surface area contributed by atoms with E-state index in [4.69, 9.17) is 15.2 Å². The lowest BCUT2D eigenvalue weighted by Gasteiger charge is -2.17. The Bertz CT molecular complexity index is 1320. The molecule has 0 radical (unpaired) electrons. The van der Waals surface area contributed by atoms with E-state index in [1.165, 1.54) is 23.2 Å². The van der Waals surface area contributed by atoms with Crippen LogP contribution in [0.1, 0.15) is 41.2 Å². The van der Waals surface area contributed by atoms with Crippen LogP contribution in [0.15, 0.2) is 46.2 Å². The monoisotopic (exact) mass is 491 g/mol. The summed E-state index contributed by atoms with van der Waals surface area (Å²) >= 11 is 0. The molecule has 0 saturated heterocycles. The molecule has 0 amide bonds. The molecule has 2 aromatic carbocycles. The molecule has 1 heterocycles. The number of anilines is 1. The van der Waals surface area contributed by atoms with Crippen LogP contribution in [0.4, 0.5) is 24.5 Å². The fourth-order valence-electron chi connectivity index (χ4n) is 3.41. The van der Waals surface area contributed by atoms with Crippen molar-refractivity contribution in [3.8, 4) is 5.69 Å². The Morgan fingerprint density at radius 2 is 1.74 bits per heavy atom. The predicted octanol–water partition coefficient (Wildman–Crippen LogP) is 3.77. The number of benzene rings is 2. The van der Waals surface area contributed by atoms with Gasteiger partial charge >= 0.3 is 17.8 Å². The van der Waals surface area contributed by atoms with Crippen LogP contribution in [-0.2, 0) is 22.7 Å². The number of hydrogen-bond donors (Lipinski definition) is 1. The van der Waals surface area contributed by atoms with Crippen LogP contribution in [-0.4, -0.2) is 39.4 Å². The normalized spacial score (nSPS) is 12.0. The van der Waals surface area contributed by atoms with Gasteiger partial charge < -0.3 is 15.2 Å². The van der Waals surface area contributed by atoms with E-state index in [-0.39, 0.29) is 36.1 Å². The van der Waals surface area contributed by atoms with Crippen molar-refractivity contribution in [3.05, 3.63) is 69.4 Å². The molecule has 0 aliphatic heterocycles. The number of aliphatic imine (C=N–C) groups is 1. The molecule has 3 aromatic rings. The number of aryl methyl sites for hydroxylation is 2. The van der Waals surface area contributed by atoms with Crippen LogP contribution in [0.2, 0.25) is 0 Å². The smallest absolute Gasteiger partial charge is 0.416 e. The third-order valence-electron chi connectivity index (χ3n) is 4.91. The first-order chi connectivity index (χ1) is 16.5. The first kappa shape index (κ1) is 25.5. The molecule has 0 aliphatic carbocycles. The quantitative estimate of drug-likeness (QED) is 0.243. The van der Waals surface area contributed by atoms with E-state index < -0.39 is 23.3 Å². The zero-order chi connectivity index (χ0) is 25.9. The number of nitrogens with two attached hydrogens (primary N) is 1. The highest BCUT2D eigenvalue weighted by atomic mass is 19.4. The van der Waals surface area contributed by atoms with E-state index in [1.54, 1.807) is 38.1 Å². The third-order valence-corrected chi connectivity index (χ3v) is 4.91. The first-order valence-corrected chi connectivity index (χ1v) is 10.6. The molecule has 0 atom stereocenters. The molecule has 0 bridgehead atoms. The number of carbonyl (C=O) groups is 1.